The predicted octanol–water partition coefficient (Wildman–Crippen LogP) is 4.22. The van der Waals surface area contributed by atoms with Gasteiger partial charge in [-0.3, -0.25) is 9.69 Å². The first-order chi connectivity index (χ1) is 13.5. The molecule has 0 unspecified atom stereocenters. The van der Waals surface area contributed by atoms with E-state index in [9.17, 15) is 13.6 Å². The van der Waals surface area contributed by atoms with Crippen LogP contribution in [0.1, 0.15) is 28.2 Å². The van der Waals surface area contributed by atoms with Crippen LogP contribution in [0.5, 0.6) is 0 Å². The van der Waals surface area contributed by atoms with Gasteiger partial charge in [0.2, 0.25) is 0 Å². The molecule has 5 nitrogen and oxygen atoms in total. The van der Waals surface area contributed by atoms with Crippen LogP contribution in [0.4, 0.5) is 8.78 Å². The predicted molar refractivity (Wildman–Crippen MR) is 106 cm³/mol. The lowest BCUT2D eigenvalue weighted by molar-refractivity contribution is 0.0618. The Morgan fingerprint density at radius 2 is 1.82 bits per heavy atom. The van der Waals surface area contributed by atoms with Crippen LogP contribution in [0.15, 0.2) is 46.9 Å². The molecule has 4 rings (SSSR count). The minimum absolute atomic E-state index is 0.0389. The zero-order valence-electron chi connectivity index (χ0n) is 15.0. The summed E-state index contributed by atoms with van der Waals surface area (Å²) in [5.74, 6) is 0.248. The number of piperazine rings is 1. The number of imidazole rings is 1. The van der Waals surface area contributed by atoms with Gasteiger partial charge in [0.25, 0.3) is 12.3 Å². The van der Waals surface area contributed by atoms with Crippen LogP contribution in [0, 0.1) is 0 Å². The molecule has 28 heavy (non-hydrogen) atoms. The van der Waals surface area contributed by atoms with E-state index in [1.807, 2.05) is 18.2 Å². The molecular formula is C20H19BrF2N4O. The van der Waals surface area contributed by atoms with Gasteiger partial charge in [0.1, 0.15) is 0 Å². The molecule has 0 bridgehead atoms. The zero-order valence-corrected chi connectivity index (χ0v) is 16.6. The molecule has 0 atom stereocenters. The van der Waals surface area contributed by atoms with E-state index < -0.39 is 6.43 Å². The number of nitrogens with one attached hydrogen (secondary N) is 1. The van der Waals surface area contributed by atoms with Crippen molar-refractivity contribution < 1.29 is 13.6 Å². The van der Waals surface area contributed by atoms with Crippen molar-refractivity contribution in [1.29, 1.82) is 0 Å². The normalized spacial score (nSPS) is 15.5. The standard InChI is InChI=1S/C20H19BrF2N4O/c21-15-5-6-16-17(11-15)25-19(24-16)20(28)27-9-7-26(8-10-27)12-13-1-3-14(4-2-13)18(22)23/h1-6,11,18H,7-10,12H2,(H,24,25). The maximum Gasteiger partial charge on any atom is 0.289 e. The fraction of sp³-hybridized carbons (Fsp3) is 0.300. The summed E-state index contributed by atoms with van der Waals surface area (Å²) in [6.07, 6.45) is -2.44. The SMILES string of the molecule is O=C(c1nc2ccc(Br)cc2[nH]1)N1CCN(Cc2ccc(C(F)F)cc2)CC1. The summed E-state index contributed by atoms with van der Waals surface area (Å²) in [7, 11) is 0. The number of hydrogen-bond acceptors (Lipinski definition) is 3. The van der Waals surface area contributed by atoms with Crippen LogP contribution in [0.2, 0.25) is 0 Å². The molecule has 0 aliphatic carbocycles. The maximum absolute atomic E-state index is 12.8. The number of nitrogens with zero attached hydrogens (tertiary/aromatic N) is 3. The van der Waals surface area contributed by atoms with Crippen molar-refractivity contribution in [2.45, 2.75) is 13.0 Å². The Balaban J connectivity index is 1.35. The van der Waals surface area contributed by atoms with Crippen molar-refractivity contribution in [1.82, 2.24) is 19.8 Å². The van der Waals surface area contributed by atoms with Crippen molar-refractivity contribution in [3.8, 4) is 0 Å². The number of aromatic amines is 1. The highest BCUT2D eigenvalue weighted by Gasteiger charge is 2.24. The van der Waals surface area contributed by atoms with Crippen LogP contribution in [0.3, 0.4) is 0 Å². The van der Waals surface area contributed by atoms with Gasteiger partial charge in [0.05, 0.1) is 11.0 Å². The second kappa shape index (κ2) is 7.97. The average Bonchev–Trinajstić information content (AvgIpc) is 3.11. The highest BCUT2D eigenvalue weighted by molar-refractivity contribution is 9.10. The third-order valence-electron chi connectivity index (χ3n) is 4.94. The summed E-state index contributed by atoms with van der Waals surface area (Å²) >= 11 is 3.41. The molecule has 1 saturated heterocycles. The van der Waals surface area contributed by atoms with Gasteiger partial charge in [0, 0.05) is 42.8 Å². The largest absolute Gasteiger partial charge is 0.334 e. The second-order valence-corrected chi connectivity index (χ2v) is 7.77. The van der Waals surface area contributed by atoms with E-state index in [-0.39, 0.29) is 11.5 Å². The highest BCUT2D eigenvalue weighted by Crippen LogP contribution is 2.20. The Labute approximate surface area is 169 Å². The second-order valence-electron chi connectivity index (χ2n) is 6.86. The molecule has 1 aliphatic heterocycles. The molecule has 1 amide bonds. The topological polar surface area (TPSA) is 52.2 Å². The zero-order chi connectivity index (χ0) is 19.7. The number of carbonyl (C=O) groups excluding carboxylic acids is 1. The van der Waals surface area contributed by atoms with E-state index in [4.69, 9.17) is 0 Å². The summed E-state index contributed by atoms with van der Waals surface area (Å²) in [4.78, 5) is 24.3. The molecule has 2 aromatic carbocycles. The van der Waals surface area contributed by atoms with E-state index >= 15 is 0 Å². The summed E-state index contributed by atoms with van der Waals surface area (Å²) in [6.45, 7) is 3.36. The first-order valence-corrected chi connectivity index (χ1v) is 9.83. The van der Waals surface area contributed by atoms with Gasteiger partial charge in [-0.2, -0.15) is 0 Å². The van der Waals surface area contributed by atoms with Gasteiger partial charge in [-0.15, -0.1) is 0 Å². The van der Waals surface area contributed by atoms with Crippen molar-refractivity contribution in [3.05, 3.63) is 63.9 Å². The van der Waals surface area contributed by atoms with Crippen LogP contribution < -0.4 is 0 Å². The summed E-state index contributed by atoms with van der Waals surface area (Å²) in [5.41, 5.74) is 2.62. The molecule has 0 saturated carbocycles. The first-order valence-electron chi connectivity index (χ1n) is 9.03. The number of carbonyl (C=O) groups is 1. The molecule has 8 heteroatoms. The maximum atomic E-state index is 12.8. The number of fused-ring (bicyclic) bond motifs is 1. The monoisotopic (exact) mass is 448 g/mol. The lowest BCUT2D eigenvalue weighted by atomic mass is 10.1. The number of benzene rings is 2. The van der Waals surface area contributed by atoms with Crippen molar-refractivity contribution >= 4 is 32.9 Å². The Kier molecular flexibility index (Phi) is 5.41. The number of amides is 1. The van der Waals surface area contributed by atoms with Gasteiger partial charge in [0.15, 0.2) is 5.82 Å². The first kappa shape index (κ1) is 19.0. The van der Waals surface area contributed by atoms with E-state index in [2.05, 4.69) is 30.8 Å². The van der Waals surface area contributed by atoms with Gasteiger partial charge < -0.3 is 9.88 Å². The number of aromatic nitrogens is 2. The third kappa shape index (κ3) is 4.07. The molecule has 1 aliphatic rings. The highest BCUT2D eigenvalue weighted by atomic mass is 79.9. The Morgan fingerprint density at radius 1 is 1.11 bits per heavy atom. The van der Waals surface area contributed by atoms with Crippen LogP contribution in [-0.4, -0.2) is 51.9 Å². The Hall–Kier alpha value is -2.32. The minimum Gasteiger partial charge on any atom is -0.334 e. The number of rotatable bonds is 4. The van der Waals surface area contributed by atoms with Gasteiger partial charge in [-0.1, -0.05) is 40.2 Å². The van der Waals surface area contributed by atoms with E-state index in [1.165, 1.54) is 12.1 Å². The lowest BCUT2D eigenvalue weighted by Gasteiger charge is -2.34. The molecule has 3 aromatic rings. The number of hydrogen-bond donors (Lipinski definition) is 1. The number of halogens is 3. The fourth-order valence-corrected chi connectivity index (χ4v) is 3.73. The quantitative estimate of drug-likeness (QED) is 0.649. The van der Waals surface area contributed by atoms with E-state index in [0.29, 0.717) is 25.5 Å². The Bertz CT molecular complexity index is 982. The van der Waals surface area contributed by atoms with E-state index in [0.717, 1.165) is 34.2 Å². The molecular weight excluding hydrogens is 430 g/mol. The summed E-state index contributed by atoms with van der Waals surface area (Å²) < 4.78 is 26.2. The van der Waals surface area contributed by atoms with Crippen LogP contribution >= 0.6 is 15.9 Å². The Morgan fingerprint density at radius 3 is 2.50 bits per heavy atom. The molecule has 2 heterocycles. The van der Waals surface area contributed by atoms with Crippen molar-refractivity contribution in [2.24, 2.45) is 0 Å². The van der Waals surface area contributed by atoms with Gasteiger partial charge in [-0.25, -0.2) is 13.8 Å². The lowest BCUT2D eigenvalue weighted by Crippen LogP contribution is -2.48. The summed E-state index contributed by atoms with van der Waals surface area (Å²) in [5, 5.41) is 0. The molecule has 1 N–H and O–H groups in total. The molecule has 0 radical (unpaired) electrons. The smallest absolute Gasteiger partial charge is 0.289 e. The molecule has 1 aromatic heterocycles. The van der Waals surface area contributed by atoms with Crippen LogP contribution in [0.25, 0.3) is 11.0 Å². The van der Waals surface area contributed by atoms with E-state index in [1.54, 1.807) is 17.0 Å². The number of alkyl halides is 2. The average molecular weight is 449 g/mol. The summed E-state index contributed by atoms with van der Waals surface area (Å²) in [6, 6.07) is 12.1. The molecule has 0 spiro atoms. The van der Waals surface area contributed by atoms with Crippen molar-refractivity contribution in [3.63, 3.8) is 0 Å². The molecule has 1 fully saturated rings. The van der Waals surface area contributed by atoms with Crippen molar-refractivity contribution in [2.75, 3.05) is 26.2 Å². The van der Waals surface area contributed by atoms with Gasteiger partial charge in [-0.05, 0) is 23.8 Å². The minimum atomic E-state index is -2.44. The molecule has 146 valence electrons. The fourth-order valence-electron chi connectivity index (χ4n) is 3.37. The van der Waals surface area contributed by atoms with Gasteiger partial charge >= 0.3 is 0 Å². The van der Waals surface area contributed by atoms with Crippen LogP contribution in [-0.2, 0) is 6.54 Å². The third-order valence-corrected chi connectivity index (χ3v) is 5.44. The number of H-pyrrole nitrogens is 1.